The Bertz CT molecular complexity index is 108. The first-order valence-corrected chi connectivity index (χ1v) is 5.16. The summed E-state index contributed by atoms with van der Waals surface area (Å²) in [6.45, 7) is 1.95. The van der Waals surface area contributed by atoms with E-state index in [1.165, 1.54) is 0 Å². The molecular weight excluding hydrogens is 168 g/mol. The zero-order valence-corrected chi connectivity index (χ0v) is 7.76. The van der Waals surface area contributed by atoms with E-state index < -0.39 is 0 Å². The Labute approximate surface area is 69.9 Å². The van der Waals surface area contributed by atoms with Crippen LogP contribution in [0.5, 0.6) is 0 Å². The number of nitrogens with one attached hydrogen (secondary N) is 1. The summed E-state index contributed by atoms with van der Waals surface area (Å²) < 4.78 is 8.29. The van der Waals surface area contributed by atoms with Crippen molar-refractivity contribution in [2.45, 2.75) is 6.92 Å². The monoisotopic (exact) mass is 180 g/mol. The van der Waals surface area contributed by atoms with E-state index in [-0.39, 0.29) is 0 Å². The van der Waals surface area contributed by atoms with Crippen LogP contribution in [0.15, 0.2) is 5.10 Å². The number of nitrogens with zero attached hydrogens (tertiary/aromatic N) is 1. The van der Waals surface area contributed by atoms with Gasteiger partial charge in [-0.1, -0.05) is 0 Å². The zero-order valence-electron chi connectivity index (χ0n) is 6.13. The van der Waals surface area contributed by atoms with Crippen molar-refractivity contribution in [1.29, 1.82) is 0 Å². The molecule has 0 aliphatic rings. The maximum absolute atomic E-state index is 8.29. The predicted octanol–water partition coefficient (Wildman–Crippen LogP) is 1.48. The minimum absolute atomic E-state index is 0.450. The van der Waals surface area contributed by atoms with Gasteiger partial charge in [-0.25, -0.2) is 0 Å². The van der Waals surface area contributed by atoms with Crippen molar-refractivity contribution >= 4 is 29.5 Å². The van der Waals surface area contributed by atoms with Gasteiger partial charge in [-0.2, -0.15) is 16.9 Å². The molecule has 0 aliphatic carbocycles. The molecule has 2 N–H and O–H groups in total. The fourth-order valence-electron chi connectivity index (χ4n) is 0.437. The highest BCUT2D eigenvalue weighted by Crippen LogP contribution is 1.92. The number of rotatable bonds is 5. The first-order valence-electron chi connectivity index (χ1n) is 2.82. The van der Waals surface area contributed by atoms with Gasteiger partial charge in [0.25, 0.3) is 0 Å². The molecule has 0 saturated carbocycles. The van der Waals surface area contributed by atoms with Gasteiger partial charge in [0.05, 0.1) is 0 Å². The highest BCUT2D eigenvalue weighted by molar-refractivity contribution is 7.99. The van der Waals surface area contributed by atoms with E-state index in [0.29, 0.717) is 5.88 Å². The van der Waals surface area contributed by atoms with Crippen LogP contribution in [0.1, 0.15) is 6.92 Å². The van der Waals surface area contributed by atoms with Crippen LogP contribution in [-0.4, -0.2) is 28.1 Å². The van der Waals surface area contributed by atoms with E-state index in [1.54, 1.807) is 11.8 Å². The van der Waals surface area contributed by atoms with Crippen LogP contribution < -0.4 is 5.43 Å². The van der Waals surface area contributed by atoms with Crippen molar-refractivity contribution < 1.29 is 4.55 Å². The molecule has 0 spiro atoms. The molecule has 0 bridgehead atoms. The number of hydrogen-bond donors (Lipinski definition) is 2. The van der Waals surface area contributed by atoms with Crippen molar-refractivity contribution in [3.8, 4) is 0 Å². The van der Waals surface area contributed by atoms with Gasteiger partial charge in [-0.3, -0.25) is 5.43 Å². The lowest BCUT2D eigenvalue weighted by molar-refractivity contribution is 0.655. The van der Waals surface area contributed by atoms with Gasteiger partial charge in [0.1, 0.15) is 5.88 Å². The lowest BCUT2D eigenvalue weighted by Gasteiger charge is -1.97. The van der Waals surface area contributed by atoms with Crippen molar-refractivity contribution in [2.75, 3.05) is 17.9 Å². The van der Waals surface area contributed by atoms with Crippen LogP contribution in [0.25, 0.3) is 0 Å². The molecule has 0 amide bonds. The summed E-state index contributed by atoms with van der Waals surface area (Å²) in [5.41, 5.74) is 3.75. The molecule has 3 nitrogen and oxygen atoms in total. The molecule has 0 fully saturated rings. The van der Waals surface area contributed by atoms with Crippen LogP contribution in [0.2, 0.25) is 0 Å². The van der Waals surface area contributed by atoms with Crippen LogP contribution in [0.3, 0.4) is 0 Å². The SMILES string of the molecule is CSC/C(C)=N/NCSO. The van der Waals surface area contributed by atoms with Gasteiger partial charge in [0.2, 0.25) is 0 Å². The largest absolute Gasteiger partial charge is 0.328 e. The van der Waals surface area contributed by atoms with Crippen molar-refractivity contribution in [1.82, 2.24) is 5.43 Å². The molecule has 60 valence electrons. The summed E-state index contributed by atoms with van der Waals surface area (Å²) in [7, 11) is 0. The summed E-state index contributed by atoms with van der Waals surface area (Å²) in [4.78, 5) is 0. The Hall–Kier alpha value is 0.130. The lowest BCUT2D eigenvalue weighted by Crippen LogP contribution is -2.08. The molecule has 0 atom stereocenters. The van der Waals surface area contributed by atoms with Gasteiger partial charge in [-0.05, 0) is 13.2 Å². The second-order valence-corrected chi connectivity index (χ2v) is 3.12. The quantitative estimate of drug-likeness (QED) is 0.221. The maximum atomic E-state index is 8.29. The molecule has 0 aromatic heterocycles. The molecule has 0 aromatic rings. The second kappa shape index (κ2) is 7.24. The summed E-state index contributed by atoms with van der Waals surface area (Å²) in [6.07, 6.45) is 2.03. The number of hydrazone groups is 1. The minimum atomic E-state index is 0.450. The minimum Gasteiger partial charge on any atom is -0.328 e. The van der Waals surface area contributed by atoms with Crippen molar-refractivity contribution in [2.24, 2.45) is 5.10 Å². The fraction of sp³-hybridized carbons (Fsp3) is 0.800. The third kappa shape index (κ3) is 6.25. The van der Waals surface area contributed by atoms with Gasteiger partial charge in [0, 0.05) is 23.5 Å². The Morgan fingerprint density at radius 2 is 2.40 bits per heavy atom. The van der Waals surface area contributed by atoms with Crippen LogP contribution in [0, 0.1) is 0 Å². The molecule has 10 heavy (non-hydrogen) atoms. The maximum Gasteiger partial charge on any atom is 0.104 e. The van der Waals surface area contributed by atoms with E-state index in [2.05, 4.69) is 10.5 Å². The average Bonchev–Trinajstić information content (AvgIpc) is 1.89. The molecule has 0 rings (SSSR count). The summed E-state index contributed by atoms with van der Waals surface area (Å²) in [6, 6.07) is 0. The van der Waals surface area contributed by atoms with E-state index in [9.17, 15) is 0 Å². The molecule has 0 heterocycles. The first-order chi connectivity index (χ1) is 4.81. The van der Waals surface area contributed by atoms with E-state index in [4.69, 9.17) is 4.55 Å². The molecule has 0 saturated heterocycles. The third-order valence-electron chi connectivity index (χ3n) is 0.752. The lowest BCUT2D eigenvalue weighted by atomic mass is 10.5. The molecule has 0 radical (unpaired) electrons. The van der Waals surface area contributed by atoms with Gasteiger partial charge in [-0.15, -0.1) is 0 Å². The van der Waals surface area contributed by atoms with Crippen LogP contribution in [0.4, 0.5) is 0 Å². The fourth-order valence-corrected chi connectivity index (χ4v) is 1.04. The van der Waals surface area contributed by atoms with Crippen molar-refractivity contribution in [3.05, 3.63) is 0 Å². The van der Waals surface area contributed by atoms with E-state index >= 15 is 0 Å². The standard InChI is InChI=1S/C5H12N2OS2/c1-5(3-9-2)7-6-4-10-8/h6,8H,3-4H2,1-2H3/b7-5+. The molecule has 0 unspecified atom stereocenters. The van der Waals surface area contributed by atoms with Crippen LogP contribution >= 0.6 is 23.8 Å². The Morgan fingerprint density at radius 3 is 2.90 bits per heavy atom. The molecule has 0 aromatic carbocycles. The smallest absolute Gasteiger partial charge is 0.104 e. The number of hydrogen-bond acceptors (Lipinski definition) is 5. The normalized spacial score (nSPS) is 11.7. The Morgan fingerprint density at radius 1 is 1.70 bits per heavy atom. The summed E-state index contributed by atoms with van der Waals surface area (Å²) in [5, 5.41) is 3.97. The molecule has 5 heteroatoms. The predicted molar refractivity (Wildman–Crippen MR) is 49.7 cm³/mol. The average molecular weight is 180 g/mol. The molecule has 0 aliphatic heterocycles. The molecular formula is C5H12N2OS2. The summed E-state index contributed by atoms with van der Waals surface area (Å²) >= 11 is 2.46. The second-order valence-electron chi connectivity index (χ2n) is 1.71. The Kier molecular flexibility index (Phi) is 7.33. The van der Waals surface area contributed by atoms with Gasteiger partial charge in [0.15, 0.2) is 0 Å². The topological polar surface area (TPSA) is 44.6 Å². The first kappa shape index (κ1) is 10.1. The highest BCUT2D eigenvalue weighted by atomic mass is 32.2. The Balaban J connectivity index is 3.28. The third-order valence-corrected chi connectivity index (χ3v) is 1.72. The van der Waals surface area contributed by atoms with Crippen LogP contribution in [-0.2, 0) is 0 Å². The highest BCUT2D eigenvalue weighted by Gasteiger charge is 1.86. The van der Waals surface area contributed by atoms with Gasteiger partial charge < -0.3 is 4.55 Å². The zero-order chi connectivity index (χ0) is 7.82. The number of thioether (sulfide) groups is 1. The van der Waals surface area contributed by atoms with Gasteiger partial charge >= 0.3 is 0 Å². The van der Waals surface area contributed by atoms with E-state index in [1.807, 2.05) is 13.2 Å². The van der Waals surface area contributed by atoms with E-state index in [0.717, 1.165) is 23.5 Å². The summed E-state index contributed by atoms with van der Waals surface area (Å²) in [5.74, 6) is 1.38. The van der Waals surface area contributed by atoms with Crippen molar-refractivity contribution in [3.63, 3.8) is 0 Å².